The van der Waals surface area contributed by atoms with Gasteiger partial charge in [-0.15, -0.1) is 0 Å². The van der Waals surface area contributed by atoms with E-state index in [2.05, 4.69) is 17.0 Å². The van der Waals surface area contributed by atoms with Crippen molar-refractivity contribution in [3.05, 3.63) is 115 Å². The standard InChI is InChI=1S/C35H34FN5O2/c1-43-28-17-15-27(16-18-28)34-37-31-13-7-5-11-29(31)35(38-34)41(25-26-9-3-2-4-10-26)20-19-33(42)40-23-21-39(22-24-40)32-14-8-6-12-30(32)36/h2-18H,19-25H2,1H3. The van der Waals surface area contributed by atoms with E-state index in [9.17, 15) is 9.18 Å². The highest BCUT2D eigenvalue weighted by Crippen LogP contribution is 2.30. The molecule has 0 spiro atoms. The lowest BCUT2D eigenvalue weighted by Crippen LogP contribution is -2.49. The van der Waals surface area contributed by atoms with Crippen LogP contribution in [0, 0.1) is 5.82 Å². The molecular formula is C35H34FN5O2. The molecule has 0 N–H and O–H groups in total. The Hall–Kier alpha value is -4.98. The molecule has 4 aromatic carbocycles. The van der Waals surface area contributed by atoms with Gasteiger partial charge in [-0.05, 0) is 54.1 Å². The van der Waals surface area contributed by atoms with Crippen LogP contribution in [0.4, 0.5) is 15.9 Å². The number of rotatable bonds is 9. The summed E-state index contributed by atoms with van der Waals surface area (Å²) in [7, 11) is 1.64. The summed E-state index contributed by atoms with van der Waals surface area (Å²) in [6.45, 7) is 3.40. The molecule has 8 heteroatoms. The maximum Gasteiger partial charge on any atom is 0.224 e. The van der Waals surface area contributed by atoms with Gasteiger partial charge >= 0.3 is 0 Å². The lowest BCUT2D eigenvalue weighted by molar-refractivity contribution is -0.131. The number of hydrogen-bond acceptors (Lipinski definition) is 6. The minimum absolute atomic E-state index is 0.0833. The van der Waals surface area contributed by atoms with Crippen molar-refractivity contribution in [2.24, 2.45) is 0 Å². The maximum atomic E-state index is 14.3. The van der Waals surface area contributed by atoms with Crippen LogP contribution in [0.2, 0.25) is 0 Å². The summed E-state index contributed by atoms with van der Waals surface area (Å²) in [4.78, 5) is 29.5. The van der Waals surface area contributed by atoms with Gasteiger partial charge in [0, 0.05) is 56.6 Å². The van der Waals surface area contributed by atoms with E-state index in [1.165, 1.54) is 6.07 Å². The van der Waals surface area contributed by atoms with Crippen LogP contribution in [0.1, 0.15) is 12.0 Å². The molecule has 43 heavy (non-hydrogen) atoms. The summed E-state index contributed by atoms with van der Waals surface area (Å²) >= 11 is 0. The fourth-order valence-corrected chi connectivity index (χ4v) is 5.53. The molecule has 0 saturated carbocycles. The molecule has 1 aromatic heterocycles. The normalized spacial score (nSPS) is 13.3. The zero-order valence-electron chi connectivity index (χ0n) is 24.2. The molecule has 6 rings (SSSR count). The predicted molar refractivity (Wildman–Crippen MR) is 169 cm³/mol. The first-order valence-electron chi connectivity index (χ1n) is 14.6. The average Bonchev–Trinajstić information content (AvgIpc) is 3.07. The van der Waals surface area contributed by atoms with Gasteiger partial charge in [0.25, 0.3) is 0 Å². The van der Waals surface area contributed by atoms with Gasteiger partial charge in [-0.2, -0.15) is 0 Å². The second kappa shape index (κ2) is 12.9. The smallest absolute Gasteiger partial charge is 0.224 e. The van der Waals surface area contributed by atoms with Crippen molar-refractivity contribution in [2.75, 3.05) is 49.6 Å². The molecule has 1 aliphatic rings. The SMILES string of the molecule is COc1ccc(-c2nc(N(CCC(=O)N3CCN(c4ccccc4F)CC3)Cc3ccccc3)c3ccccc3n2)cc1. The van der Waals surface area contributed by atoms with Crippen LogP contribution in [0.15, 0.2) is 103 Å². The van der Waals surface area contributed by atoms with Crippen molar-refractivity contribution in [2.45, 2.75) is 13.0 Å². The van der Waals surface area contributed by atoms with Gasteiger partial charge in [0.1, 0.15) is 17.4 Å². The molecule has 0 bridgehead atoms. The highest BCUT2D eigenvalue weighted by molar-refractivity contribution is 5.91. The fraction of sp³-hybridized carbons (Fsp3) is 0.229. The Labute approximate surface area is 251 Å². The Morgan fingerprint density at radius 2 is 1.53 bits per heavy atom. The first kappa shape index (κ1) is 28.2. The van der Waals surface area contributed by atoms with Gasteiger partial charge in [0.2, 0.25) is 5.91 Å². The second-order valence-electron chi connectivity index (χ2n) is 10.6. The Balaban J connectivity index is 1.25. The number of anilines is 2. The van der Waals surface area contributed by atoms with E-state index in [1.54, 1.807) is 19.2 Å². The zero-order valence-corrected chi connectivity index (χ0v) is 24.2. The molecular weight excluding hydrogens is 541 g/mol. The summed E-state index contributed by atoms with van der Waals surface area (Å²) in [5, 5.41) is 0.932. The number of carbonyl (C=O) groups is 1. The summed E-state index contributed by atoms with van der Waals surface area (Å²) in [5.41, 5.74) is 3.44. The molecule has 1 saturated heterocycles. The summed E-state index contributed by atoms with van der Waals surface area (Å²) < 4.78 is 19.7. The number of methoxy groups -OCH3 is 1. The Morgan fingerprint density at radius 3 is 2.28 bits per heavy atom. The highest BCUT2D eigenvalue weighted by Gasteiger charge is 2.24. The number of carbonyl (C=O) groups excluding carboxylic acids is 1. The molecule has 7 nitrogen and oxygen atoms in total. The van der Waals surface area contributed by atoms with Gasteiger partial charge in [-0.25, -0.2) is 14.4 Å². The number of hydrogen-bond donors (Lipinski definition) is 0. The minimum Gasteiger partial charge on any atom is -0.497 e. The number of para-hydroxylation sites is 2. The average molecular weight is 576 g/mol. The number of nitrogens with zero attached hydrogens (tertiary/aromatic N) is 5. The molecule has 5 aromatic rings. The lowest BCUT2D eigenvalue weighted by atomic mass is 10.1. The Morgan fingerprint density at radius 1 is 0.837 bits per heavy atom. The van der Waals surface area contributed by atoms with Gasteiger partial charge in [0.15, 0.2) is 5.82 Å². The molecule has 0 radical (unpaired) electrons. The van der Waals surface area contributed by atoms with E-state index in [0.29, 0.717) is 57.2 Å². The topological polar surface area (TPSA) is 61.8 Å². The summed E-state index contributed by atoms with van der Waals surface area (Å²) in [6, 6.07) is 32.7. The monoisotopic (exact) mass is 575 g/mol. The van der Waals surface area contributed by atoms with Gasteiger partial charge in [-0.3, -0.25) is 4.79 Å². The summed E-state index contributed by atoms with van der Waals surface area (Å²) in [5.74, 6) is 2.02. The van der Waals surface area contributed by atoms with Crippen LogP contribution in [0.5, 0.6) is 5.75 Å². The zero-order chi connectivity index (χ0) is 29.6. The molecule has 1 aliphatic heterocycles. The number of fused-ring (bicyclic) bond motifs is 1. The number of halogens is 1. The molecule has 0 unspecified atom stereocenters. The molecule has 0 atom stereocenters. The number of amides is 1. The quantitative estimate of drug-likeness (QED) is 0.209. The van der Waals surface area contributed by atoms with Gasteiger partial charge in [-0.1, -0.05) is 54.6 Å². The van der Waals surface area contributed by atoms with Crippen LogP contribution >= 0.6 is 0 Å². The second-order valence-corrected chi connectivity index (χ2v) is 10.6. The third-order valence-corrected chi connectivity index (χ3v) is 7.87. The van der Waals surface area contributed by atoms with E-state index in [1.807, 2.05) is 82.6 Å². The lowest BCUT2D eigenvalue weighted by Gasteiger charge is -2.36. The first-order chi connectivity index (χ1) is 21.1. The van der Waals surface area contributed by atoms with Crippen LogP contribution in [-0.4, -0.2) is 60.6 Å². The molecule has 2 heterocycles. The van der Waals surface area contributed by atoms with Crippen LogP contribution in [0.25, 0.3) is 22.3 Å². The van der Waals surface area contributed by atoms with Gasteiger partial charge in [0.05, 0.1) is 18.3 Å². The first-order valence-corrected chi connectivity index (χ1v) is 14.6. The molecule has 1 amide bonds. The summed E-state index contributed by atoms with van der Waals surface area (Å²) in [6.07, 6.45) is 0.336. The van der Waals surface area contributed by atoms with E-state index >= 15 is 0 Å². The van der Waals surface area contributed by atoms with Crippen LogP contribution < -0.4 is 14.5 Å². The van der Waals surface area contributed by atoms with Crippen molar-refractivity contribution in [1.82, 2.24) is 14.9 Å². The van der Waals surface area contributed by atoms with E-state index < -0.39 is 0 Å². The largest absolute Gasteiger partial charge is 0.497 e. The molecule has 218 valence electrons. The predicted octanol–water partition coefficient (Wildman–Crippen LogP) is 6.19. The van der Waals surface area contributed by atoms with E-state index in [0.717, 1.165) is 33.6 Å². The molecule has 1 fully saturated rings. The van der Waals surface area contributed by atoms with E-state index in [-0.39, 0.29) is 11.7 Å². The van der Waals surface area contributed by atoms with Crippen molar-refractivity contribution >= 4 is 28.3 Å². The number of benzene rings is 4. The molecule has 0 aliphatic carbocycles. The number of piperazine rings is 1. The number of aromatic nitrogens is 2. The highest BCUT2D eigenvalue weighted by atomic mass is 19.1. The van der Waals surface area contributed by atoms with Crippen molar-refractivity contribution < 1.29 is 13.9 Å². The van der Waals surface area contributed by atoms with Crippen molar-refractivity contribution in [3.8, 4) is 17.1 Å². The third-order valence-electron chi connectivity index (χ3n) is 7.87. The van der Waals surface area contributed by atoms with Crippen molar-refractivity contribution in [1.29, 1.82) is 0 Å². The minimum atomic E-state index is -0.232. The van der Waals surface area contributed by atoms with Crippen LogP contribution in [0.3, 0.4) is 0 Å². The number of ether oxygens (including phenoxy) is 1. The van der Waals surface area contributed by atoms with Crippen molar-refractivity contribution in [3.63, 3.8) is 0 Å². The third kappa shape index (κ3) is 6.43. The Bertz CT molecular complexity index is 1690. The van der Waals surface area contributed by atoms with E-state index in [4.69, 9.17) is 14.7 Å². The maximum absolute atomic E-state index is 14.3. The fourth-order valence-electron chi connectivity index (χ4n) is 5.53. The van der Waals surface area contributed by atoms with Gasteiger partial charge < -0.3 is 19.4 Å². The Kier molecular flexibility index (Phi) is 8.45. The van der Waals surface area contributed by atoms with Crippen LogP contribution in [-0.2, 0) is 11.3 Å².